The SMILES string of the molecule is N=C(N)c1ccc(NC(=O)c2ccccc2-c2ccc(C(=O)NCCCC(=O)O)cc2C(=O)O)cc1. The summed E-state index contributed by atoms with van der Waals surface area (Å²) in [4.78, 5) is 48.1. The molecule has 0 fully saturated rings. The van der Waals surface area contributed by atoms with Crippen LogP contribution in [0, 0.1) is 5.41 Å². The van der Waals surface area contributed by atoms with Gasteiger partial charge in [0.1, 0.15) is 5.84 Å². The monoisotopic (exact) mass is 488 g/mol. The van der Waals surface area contributed by atoms with E-state index in [4.69, 9.17) is 16.2 Å². The number of hydrogen-bond donors (Lipinski definition) is 6. The first-order valence-electron chi connectivity index (χ1n) is 10.9. The summed E-state index contributed by atoms with van der Waals surface area (Å²) in [6, 6.07) is 17.0. The molecule has 0 unspecified atom stereocenters. The average Bonchev–Trinajstić information content (AvgIpc) is 2.86. The first-order chi connectivity index (χ1) is 17.2. The van der Waals surface area contributed by atoms with Crippen molar-refractivity contribution in [3.05, 3.63) is 89.0 Å². The highest BCUT2D eigenvalue weighted by molar-refractivity contribution is 6.11. The Balaban J connectivity index is 1.87. The molecule has 0 spiro atoms. The summed E-state index contributed by atoms with van der Waals surface area (Å²) >= 11 is 0. The van der Waals surface area contributed by atoms with Gasteiger partial charge >= 0.3 is 11.9 Å². The molecule has 3 rings (SSSR count). The average molecular weight is 489 g/mol. The van der Waals surface area contributed by atoms with Crippen LogP contribution in [0.2, 0.25) is 0 Å². The van der Waals surface area contributed by atoms with Crippen molar-refractivity contribution in [3.8, 4) is 11.1 Å². The zero-order chi connectivity index (χ0) is 26.2. The Morgan fingerprint density at radius 2 is 1.44 bits per heavy atom. The van der Waals surface area contributed by atoms with E-state index in [1.165, 1.54) is 18.2 Å². The number of carbonyl (C=O) groups excluding carboxylic acids is 2. The first kappa shape index (κ1) is 25.6. The van der Waals surface area contributed by atoms with E-state index in [-0.39, 0.29) is 47.5 Å². The lowest BCUT2D eigenvalue weighted by Gasteiger charge is -2.14. The third-order valence-electron chi connectivity index (χ3n) is 5.28. The van der Waals surface area contributed by atoms with Crippen LogP contribution in [0.1, 0.15) is 49.5 Å². The molecule has 0 atom stereocenters. The highest BCUT2D eigenvalue weighted by atomic mass is 16.4. The summed E-state index contributed by atoms with van der Waals surface area (Å²) in [5.41, 5.74) is 7.19. The van der Waals surface area contributed by atoms with Crippen molar-refractivity contribution in [2.45, 2.75) is 12.8 Å². The molecule has 0 aliphatic heterocycles. The van der Waals surface area contributed by atoms with E-state index in [0.29, 0.717) is 16.8 Å². The second-order valence-corrected chi connectivity index (χ2v) is 7.81. The standard InChI is InChI=1S/C26H24N4O6/c27-23(28)15-7-10-17(11-8-15)30-25(34)20-5-2-1-4-18(20)19-12-9-16(14-21(19)26(35)36)24(33)29-13-3-6-22(31)32/h1-2,4-5,7-12,14H,3,6,13H2,(H3,27,28)(H,29,33)(H,30,34)(H,31,32)(H,35,36). The number of nitrogens with one attached hydrogen (secondary N) is 3. The maximum atomic E-state index is 13.0. The summed E-state index contributed by atoms with van der Waals surface area (Å²) in [6.45, 7) is 0.131. The number of nitrogens with two attached hydrogens (primary N) is 1. The minimum atomic E-state index is -1.28. The lowest BCUT2D eigenvalue weighted by atomic mass is 9.93. The van der Waals surface area contributed by atoms with Crippen LogP contribution >= 0.6 is 0 Å². The minimum absolute atomic E-state index is 0.0963. The van der Waals surface area contributed by atoms with E-state index in [2.05, 4.69) is 10.6 Å². The fraction of sp³-hybridized carbons (Fsp3) is 0.115. The number of aliphatic carboxylic acids is 1. The van der Waals surface area contributed by atoms with Gasteiger partial charge in [0, 0.05) is 35.3 Å². The van der Waals surface area contributed by atoms with E-state index in [9.17, 15) is 24.3 Å². The highest BCUT2D eigenvalue weighted by Crippen LogP contribution is 2.29. The van der Waals surface area contributed by atoms with Crippen molar-refractivity contribution in [2.24, 2.45) is 5.73 Å². The number of hydrogen-bond acceptors (Lipinski definition) is 5. The molecular weight excluding hydrogens is 464 g/mol. The maximum Gasteiger partial charge on any atom is 0.336 e. The predicted molar refractivity (Wildman–Crippen MR) is 133 cm³/mol. The normalized spacial score (nSPS) is 10.3. The number of rotatable bonds is 10. The van der Waals surface area contributed by atoms with Gasteiger partial charge in [-0.15, -0.1) is 0 Å². The van der Waals surface area contributed by atoms with Crippen LogP contribution < -0.4 is 16.4 Å². The van der Waals surface area contributed by atoms with Gasteiger partial charge in [-0.2, -0.15) is 0 Å². The molecule has 3 aromatic rings. The number of carboxylic acids is 2. The zero-order valence-corrected chi connectivity index (χ0v) is 19.1. The third kappa shape index (κ3) is 6.32. The molecule has 10 nitrogen and oxygen atoms in total. The Morgan fingerprint density at radius 1 is 0.806 bits per heavy atom. The molecule has 7 N–H and O–H groups in total. The third-order valence-corrected chi connectivity index (χ3v) is 5.28. The van der Waals surface area contributed by atoms with Gasteiger partial charge < -0.3 is 26.6 Å². The number of amidine groups is 1. The Hall–Kier alpha value is -4.99. The van der Waals surface area contributed by atoms with Gasteiger partial charge in [0.15, 0.2) is 0 Å². The van der Waals surface area contributed by atoms with Crippen molar-refractivity contribution >= 4 is 35.3 Å². The summed E-state index contributed by atoms with van der Waals surface area (Å²) in [6.07, 6.45) is 0.143. The summed E-state index contributed by atoms with van der Waals surface area (Å²) < 4.78 is 0. The van der Waals surface area contributed by atoms with Gasteiger partial charge in [0.05, 0.1) is 5.56 Å². The van der Waals surface area contributed by atoms with E-state index in [1.54, 1.807) is 48.5 Å². The second-order valence-electron chi connectivity index (χ2n) is 7.81. The van der Waals surface area contributed by atoms with Crippen LogP contribution in [-0.4, -0.2) is 46.3 Å². The maximum absolute atomic E-state index is 13.0. The summed E-state index contributed by atoms with van der Waals surface area (Å²) in [7, 11) is 0. The van der Waals surface area contributed by atoms with E-state index in [1.807, 2.05) is 0 Å². The number of aromatic carboxylic acids is 1. The molecule has 0 aliphatic rings. The van der Waals surface area contributed by atoms with Crippen molar-refractivity contribution in [2.75, 3.05) is 11.9 Å². The Labute approximate surface area is 206 Å². The first-order valence-corrected chi connectivity index (χ1v) is 10.9. The van der Waals surface area contributed by atoms with Gasteiger partial charge in [-0.3, -0.25) is 19.8 Å². The van der Waals surface area contributed by atoms with E-state index >= 15 is 0 Å². The van der Waals surface area contributed by atoms with Crippen LogP contribution in [0.15, 0.2) is 66.7 Å². The van der Waals surface area contributed by atoms with Crippen LogP contribution in [-0.2, 0) is 4.79 Å². The van der Waals surface area contributed by atoms with Crippen molar-refractivity contribution in [1.29, 1.82) is 5.41 Å². The van der Waals surface area contributed by atoms with Gasteiger partial charge in [-0.1, -0.05) is 24.3 Å². The fourth-order valence-electron chi connectivity index (χ4n) is 3.49. The molecule has 0 saturated carbocycles. The molecule has 3 aromatic carbocycles. The van der Waals surface area contributed by atoms with Crippen molar-refractivity contribution in [3.63, 3.8) is 0 Å². The number of nitrogen functional groups attached to an aromatic ring is 1. The molecule has 0 aliphatic carbocycles. The summed E-state index contributed by atoms with van der Waals surface area (Å²) in [5, 5.41) is 31.3. The van der Waals surface area contributed by atoms with Crippen LogP contribution in [0.4, 0.5) is 5.69 Å². The largest absolute Gasteiger partial charge is 0.481 e. The number of benzene rings is 3. The lowest BCUT2D eigenvalue weighted by Crippen LogP contribution is -2.25. The van der Waals surface area contributed by atoms with Crippen LogP contribution in [0.25, 0.3) is 11.1 Å². The fourth-order valence-corrected chi connectivity index (χ4v) is 3.49. The smallest absolute Gasteiger partial charge is 0.336 e. The van der Waals surface area contributed by atoms with E-state index in [0.717, 1.165) is 0 Å². The van der Waals surface area contributed by atoms with Gasteiger partial charge in [-0.05, 0) is 60.0 Å². The van der Waals surface area contributed by atoms with Gasteiger partial charge in [0.25, 0.3) is 11.8 Å². The van der Waals surface area contributed by atoms with Crippen LogP contribution in [0.5, 0.6) is 0 Å². The summed E-state index contributed by atoms with van der Waals surface area (Å²) in [5.74, 6) is -3.36. The van der Waals surface area contributed by atoms with Crippen LogP contribution in [0.3, 0.4) is 0 Å². The molecule has 0 bridgehead atoms. The topological polar surface area (TPSA) is 183 Å². The van der Waals surface area contributed by atoms with Crippen molar-refractivity contribution in [1.82, 2.24) is 5.32 Å². The minimum Gasteiger partial charge on any atom is -0.481 e. The molecule has 0 saturated heterocycles. The Bertz CT molecular complexity index is 1330. The number of anilines is 1. The number of carbonyl (C=O) groups is 4. The molecule has 36 heavy (non-hydrogen) atoms. The molecule has 184 valence electrons. The molecule has 0 heterocycles. The quantitative estimate of drug-likeness (QED) is 0.144. The molecule has 0 radical (unpaired) electrons. The number of amides is 2. The van der Waals surface area contributed by atoms with Crippen molar-refractivity contribution < 1.29 is 29.4 Å². The van der Waals surface area contributed by atoms with E-state index < -0.39 is 23.8 Å². The molecular formula is C26H24N4O6. The van der Waals surface area contributed by atoms with Gasteiger partial charge in [0.2, 0.25) is 0 Å². The molecule has 10 heteroatoms. The lowest BCUT2D eigenvalue weighted by molar-refractivity contribution is -0.137. The Morgan fingerprint density at radius 3 is 2.08 bits per heavy atom. The Kier molecular flexibility index (Phi) is 8.14. The number of carboxylic acid groups (broad SMARTS) is 2. The highest BCUT2D eigenvalue weighted by Gasteiger charge is 2.20. The zero-order valence-electron chi connectivity index (χ0n) is 19.1. The predicted octanol–water partition coefficient (Wildman–Crippen LogP) is 3.18. The second kappa shape index (κ2) is 11.4. The van der Waals surface area contributed by atoms with Gasteiger partial charge in [-0.25, -0.2) is 4.79 Å². The molecule has 0 aromatic heterocycles. The molecule has 2 amide bonds.